The van der Waals surface area contributed by atoms with Gasteiger partial charge in [-0.15, -0.1) is 0 Å². The van der Waals surface area contributed by atoms with E-state index >= 15 is 0 Å². The Morgan fingerprint density at radius 2 is 1.82 bits per heavy atom. The van der Waals surface area contributed by atoms with Crippen molar-refractivity contribution in [3.05, 3.63) is 0 Å². The van der Waals surface area contributed by atoms with Crippen LogP contribution in [0.5, 0.6) is 0 Å². The zero-order valence-electron chi connectivity index (χ0n) is 12.8. The van der Waals surface area contributed by atoms with Gasteiger partial charge in [0.1, 0.15) is 0 Å². The van der Waals surface area contributed by atoms with Crippen molar-refractivity contribution >= 4 is 21.8 Å². The Labute approximate surface area is 131 Å². The summed E-state index contributed by atoms with van der Waals surface area (Å²) < 4.78 is 24.4. The van der Waals surface area contributed by atoms with Gasteiger partial charge in [0.05, 0.1) is 12.2 Å². The van der Waals surface area contributed by atoms with Crippen molar-refractivity contribution in [3.8, 4) is 0 Å². The molecule has 1 N–H and O–H groups in total. The fraction of sp³-hybridized carbons (Fsp3) is 0.857. The average Bonchev–Trinajstić information content (AvgIpc) is 3.21. The first-order chi connectivity index (χ1) is 10.3. The van der Waals surface area contributed by atoms with Crippen molar-refractivity contribution in [2.75, 3.05) is 25.9 Å². The van der Waals surface area contributed by atoms with Gasteiger partial charge in [-0.3, -0.25) is 9.59 Å². The molecule has 8 heteroatoms. The van der Waals surface area contributed by atoms with Crippen molar-refractivity contribution in [3.63, 3.8) is 0 Å². The second kappa shape index (κ2) is 5.81. The number of hydrogen-bond donors (Lipinski definition) is 1. The lowest BCUT2D eigenvalue weighted by Gasteiger charge is -2.31. The number of piperidine rings is 1. The molecule has 3 aliphatic rings. The minimum atomic E-state index is -3.14. The summed E-state index contributed by atoms with van der Waals surface area (Å²) in [6.45, 7) is 1.43. The summed E-state index contributed by atoms with van der Waals surface area (Å²) in [5.41, 5.74) is 0. The average molecular weight is 329 g/mol. The van der Waals surface area contributed by atoms with Crippen LogP contribution in [0.1, 0.15) is 32.1 Å². The van der Waals surface area contributed by atoms with Crippen molar-refractivity contribution < 1.29 is 18.0 Å². The molecule has 0 aromatic heterocycles. The molecule has 7 nitrogen and oxygen atoms in total. The number of nitrogens with zero attached hydrogens (tertiary/aromatic N) is 2. The molecule has 124 valence electrons. The molecule has 2 aliphatic heterocycles. The zero-order valence-corrected chi connectivity index (χ0v) is 13.6. The van der Waals surface area contributed by atoms with Gasteiger partial charge in [0.25, 0.3) is 0 Å². The van der Waals surface area contributed by atoms with Crippen LogP contribution in [0.15, 0.2) is 0 Å². The highest BCUT2D eigenvalue weighted by molar-refractivity contribution is 7.88. The number of hydrogen-bond acceptors (Lipinski definition) is 4. The highest BCUT2D eigenvalue weighted by Crippen LogP contribution is 2.32. The molecule has 1 atom stereocenters. The molecule has 2 saturated heterocycles. The first-order valence-electron chi connectivity index (χ1n) is 7.89. The fourth-order valence-electron chi connectivity index (χ4n) is 3.30. The molecular formula is C14H23N3O4S. The van der Waals surface area contributed by atoms with E-state index < -0.39 is 10.0 Å². The normalized spacial score (nSPS) is 28.1. The van der Waals surface area contributed by atoms with Gasteiger partial charge in [-0.2, -0.15) is 0 Å². The largest absolute Gasteiger partial charge is 0.353 e. The summed E-state index contributed by atoms with van der Waals surface area (Å²) in [5.74, 6) is -0.218. The van der Waals surface area contributed by atoms with Crippen LogP contribution in [0.25, 0.3) is 0 Å². The van der Waals surface area contributed by atoms with Gasteiger partial charge in [0, 0.05) is 38.1 Å². The number of rotatable bonds is 4. The summed E-state index contributed by atoms with van der Waals surface area (Å²) in [5, 5.41) is 2.99. The SMILES string of the molecule is CS(=O)(=O)N1CCC(NC(=O)C2CC(=O)N(C3CC3)C2)CC1. The number of nitrogens with one attached hydrogen (secondary N) is 1. The fourth-order valence-corrected chi connectivity index (χ4v) is 4.17. The molecule has 0 spiro atoms. The maximum Gasteiger partial charge on any atom is 0.225 e. The van der Waals surface area contributed by atoms with Gasteiger partial charge in [-0.25, -0.2) is 12.7 Å². The van der Waals surface area contributed by atoms with Crippen LogP contribution in [-0.4, -0.2) is 67.4 Å². The zero-order chi connectivity index (χ0) is 15.9. The molecule has 0 radical (unpaired) electrons. The molecule has 3 fully saturated rings. The molecule has 2 heterocycles. The van der Waals surface area contributed by atoms with E-state index in [1.165, 1.54) is 10.6 Å². The molecular weight excluding hydrogens is 306 g/mol. The van der Waals surface area contributed by atoms with Crippen LogP contribution in [0.2, 0.25) is 0 Å². The monoisotopic (exact) mass is 329 g/mol. The van der Waals surface area contributed by atoms with Crippen LogP contribution in [0, 0.1) is 5.92 Å². The van der Waals surface area contributed by atoms with E-state index in [0.717, 1.165) is 12.8 Å². The first kappa shape index (κ1) is 15.7. The summed E-state index contributed by atoms with van der Waals surface area (Å²) >= 11 is 0. The minimum Gasteiger partial charge on any atom is -0.353 e. The molecule has 1 unspecified atom stereocenters. The van der Waals surface area contributed by atoms with Gasteiger partial charge >= 0.3 is 0 Å². The third-order valence-corrected chi connectivity index (χ3v) is 6.09. The van der Waals surface area contributed by atoms with E-state index in [-0.39, 0.29) is 23.8 Å². The highest BCUT2D eigenvalue weighted by Gasteiger charge is 2.42. The Balaban J connectivity index is 1.48. The molecule has 2 amide bonds. The number of carbonyl (C=O) groups is 2. The molecule has 0 aromatic carbocycles. The van der Waals surface area contributed by atoms with Crippen molar-refractivity contribution in [2.45, 2.75) is 44.2 Å². The lowest BCUT2D eigenvalue weighted by Crippen LogP contribution is -2.47. The predicted molar refractivity (Wildman–Crippen MR) is 80.4 cm³/mol. The summed E-state index contributed by atoms with van der Waals surface area (Å²) in [4.78, 5) is 26.0. The topological polar surface area (TPSA) is 86.8 Å². The number of sulfonamides is 1. The van der Waals surface area contributed by atoms with Gasteiger partial charge in [0.2, 0.25) is 21.8 Å². The quantitative estimate of drug-likeness (QED) is 0.756. The van der Waals surface area contributed by atoms with Crippen LogP contribution in [0.4, 0.5) is 0 Å². The van der Waals surface area contributed by atoms with Crippen LogP contribution in [0.3, 0.4) is 0 Å². The molecule has 3 rings (SSSR count). The Bertz CT molecular complexity index is 565. The molecule has 1 aliphatic carbocycles. The van der Waals surface area contributed by atoms with Gasteiger partial charge in [0.15, 0.2) is 0 Å². The standard InChI is InChI=1S/C14H23N3O4S/c1-22(20,21)16-6-4-11(5-7-16)15-14(19)10-8-13(18)17(9-10)12-2-3-12/h10-12H,2-9H2,1H3,(H,15,19). The lowest BCUT2D eigenvalue weighted by molar-refractivity contribution is -0.129. The maximum atomic E-state index is 12.3. The van der Waals surface area contributed by atoms with E-state index in [4.69, 9.17) is 0 Å². The summed E-state index contributed by atoms with van der Waals surface area (Å²) in [6.07, 6.45) is 4.90. The smallest absolute Gasteiger partial charge is 0.225 e. The number of amides is 2. The maximum absolute atomic E-state index is 12.3. The van der Waals surface area contributed by atoms with Crippen molar-refractivity contribution in [1.82, 2.24) is 14.5 Å². The molecule has 1 saturated carbocycles. The second-order valence-corrected chi connectivity index (χ2v) is 8.61. The molecule has 0 aromatic rings. The molecule has 0 bridgehead atoms. The Kier molecular flexibility index (Phi) is 4.15. The van der Waals surface area contributed by atoms with E-state index in [2.05, 4.69) is 5.32 Å². The molecule has 22 heavy (non-hydrogen) atoms. The Hall–Kier alpha value is -1.15. The second-order valence-electron chi connectivity index (χ2n) is 6.62. The van der Waals surface area contributed by atoms with E-state index in [1.54, 1.807) is 0 Å². The third kappa shape index (κ3) is 3.43. The third-order valence-electron chi connectivity index (χ3n) is 4.79. The number of likely N-dealkylation sites (tertiary alicyclic amines) is 1. The van der Waals surface area contributed by atoms with Gasteiger partial charge < -0.3 is 10.2 Å². The van der Waals surface area contributed by atoms with Crippen LogP contribution < -0.4 is 5.32 Å². The van der Waals surface area contributed by atoms with E-state index in [1.807, 2.05) is 4.90 Å². The minimum absolute atomic E-state index is 0.00979. The van der Waals surface area contributed by atoms with Gasteiger partial charge in [-0.05, 0) is 25.7 Å². The lowest BCUT2D eigenvalue weighted by atomic mass is 10.0. The predicted octanol–water partition coefficient (Wildman–Crippen LogP) is -0.462. The van der Waals surface area contributed by atoms with Crippen molar-refractivity contribution in [1.29, 1.82) is 0 Å². The Morgan fingerprint density at radius 1 is 1.18 bits per heavy atom. The Morgan fingerprint density at radius 3 is 2.36 bits per heavy atom. The van der Waals surface area contributed by atoms with E-state index in [9.17, 15) is 18.0 Å². The highest BCUT2D eigenvalue weighted by atomic mass is 32.2. The van der Waals surface area contributed by atoms with Gasteiger partial charge in [-0.1, -0.05) is 0 Å². The van der Waals surface area contributed by atoms with E-state index in [0.29, 0.717) is 44.9 Å². The first-order valence-corrected chi connectivity index (χ1v) is 9.74. The number of carbonyl (C=O) groups excluding carboxylic acids is 2. The van der Waals surface area contributed by atoms with Crippen molar-refractivity contribution in [2.24, 2.45) is 5.92 Å². The summed E-state index contributed by atoms with van der Waals surface area (Å²) in [6, 6.07) is 0.374. The van der Waals surface area contributed by atoms with Crippen LogP contribution in [-0.2, 0) is 19.6 Å². The van der Waals surface area contributed by atoms with Crippen LogP contribution >= 0.6 is 0 Å². The summed E-state index contributed by atoms with van der Waals surface area (Å²) in [7, 11) is -3.14.